The number of para-hydroxylation sites is 2. The number of benzene rings is 2. The monoisotopic (exact) mass is 240 g/mol. The lowest BCUT2D eigenvalue weighted by atomic mass is 9.97. The molecule has 0 aromatic heterocycles. The Hall–Kier alpha value is -1.96. The minimum absolute atomic E-state index is 0.0936. The van der Waals surface area contributed by atoms with Crippen molar-refractivity contribution in [3.8, 4) is 11.5 Å². The van der Waals surface area contributed by atoms with E-state index in [0.29, 0.717) is 0 Å². The second kappa shape index (κ2) is 4.73. The van der Waals surface area contributed by atoms with Crippen LogP contribution in [0, 0.1) is 0 Å². The van der Waals surface area contributed by atoms with Crippen LogP contribution in [-0.4, -0.2) is 7.11 Å². The maximum atomic E-state index is 6.08. The Morgan fingerprint density at radius 2 is 1.83 bits per heavy atom. The average Bonchev–Trinajstić information content (AvgIpc) is 2.46. The average molecular weight is 240 g/mol. The first-order valence-electron chi connectivity index (χ1n) is 6.26. The van der Waals surface area contributed by atoms with Gasteiger partial charge in [-0.3, -0.25) is 0 Å². The Labute approximate surface area is 107 Å². The van der Waals surface area contributed by atoms with Crippen LogP contribution in [0.3, 0.4) is 0 Å². The minimum Gasteiger partial charge on any atom is -0.496 e. The summed E-state index contributed by atoms with van der Waals surface area (Å²) in [5.74, 6) is 1.90. The molecule has 0 aliphatic carbocycles. The Bertz CT molecular complexity index is 548. The fourth-order valence-electron chi connectivity index (χ4n) is 2.48. The Kier molecular flexibility index (Phi) is 2.93. The summed E-state index contributed by atoms with van der Waals surface area (Å²) in [6.07, 6.45) is 2.15. The standard InChI is InChI=1S/C16H16O2/c1-17-15-9-5-3-7-13(15)16-11-10-12-6-2-4-8-14(12)18-16/h2-9,16H,10-11H2,1H3. The van der Waals surface area contributed by atoms with E-state index in [1.54, 1.807) is 7.11 Å². The van der Waals surface area contributed by atoms with Crippen LogP contribution >= 0.6 is 0 Å². The van der Waals surface area contributed by atoms with Crippen LogP contribution in [0.5, 0.6) is 11.5 Å². The molecule has 2 heteroatoms. The van der Waals surface area contributed by atoms with Gasteiger partial charge in [-0.1, -0.05) is 36.4 Å². The van der Waals surface area contributed by atoms with Gasteiger partial charge in [-0.25, -0.2) is 0 Å². The molecule has 2 aromatic carbocycles. The van der Waals surface area contributed by atoms with Crippen molar-refractivity contribution in [1.82, 2.24) is 0 Å². The summed E-state index contributed by atoms with van der Waals surface area (Å²) in [6, 6.07) is 16.3. The van der Waals surface area contributed by atoms with E-state index in [9.17, 15) is 0 Å². The molecule has 18 heavy (non-hydrogen) atoms. The van der Waals surface area contributed by atoms with Crippen LogP contribution in [0.25, 0.3) is 0 Å². The van der Waals surface area contributed by atoms with E-state index in [1.807, 2.05) is 30.3 Å². The molecular weight excluding hydrogens is 224 g/mol. The maximum Gasteiger partial charge on any atom is 0.128 e. The van der Waals surface area contributed by atoms with Crippen LogP contribution < -0.4 is 9.47 Å². The van der Waals surface area contributed by atoms with Crippen LogP contribution in [0.2, 0.25) is 0 Å². The van der Waals surface area contributed by atoms with Gasteiger partial charge in [-0.05, 0) is 30.5 Å². The summed E-state index contributed by atoms with van der Waals surface area (Å²) < 4.78 is 11.5. The lowest BCUT2D eigenvalue weighted by Crippen LogP contribution is -2.15. The number of hydrogen-bond acceptors (Lipinski definition) is 2. The molecular formula is C16H16O2. The zero-order chi connectivity index (χ0) is 12.4. The number of fused-ring (bicyclic) bond motifs is 1. The fourth-order valence-corrected chi connectivity index (χ4v) is 2.48. The van der Waals surface area contributed by atoms with E-state index in [-0.39, 0.29) is 6.10 Å². The molecule has 3 rings (SSSR count). The lowest BCUT2D eigenvalue weighted by Gasteiger charge is -2.27. The zero-order valence-corrected chi connectivity index (χ0v) is 10.4. The highest BCUT2D eigenvalue weighted by molar-refractivity contribution is 5.40. The van der Waals surface area contributed by atoms with Crippen LogP contribution in [0.1, 0.15) is 23.7 Å². The normalized spacial score (nSPS) is 17.7. The molecule has 2 aromatic rings. The molecule has 0 bridgehead atoms. The molecule has 1 atom stereocenters. The van der Waals surface area contributed by atoms with Crippen LogP contribution in [0.4, 0.5) is 0 Å². The van der Waals surface area contributed by atoms with E-state index < -0.39 is 0 Å². The van der Waals surface area contributed by atoms with E-state index in [4.69, 9.17) is 9.47 Å². The van der Waals surface area contributed by atoms with E-state index >= 15 is 0 Å². The van der Waals surface area contributed by atoms with Crippen molar-refractivity contribution in [3.05, 3.63) is 59.7 Å². The first-order valence-corrected chi connectivity index (χ1v) is 6.26. The van der Waals surface area contributed by atoms with E-state index in [1.165, 1.54) is 5.56 Å². The molecule has 1 heterocycles. The zero-order valence-electron chi connectivity index (χ0n) is 10.4. The molecule has 0 saturated heterocycles. The van der Waals surface area contributed by atoms with E-state index in [2.05, 4.69) is 18.2 Å². The highest BCUT2D eigenvalue weighted by Crippen LogP contribution is 2.37. The third-order valence-electron chi connectivity index (χ3n) is 3.40. The maximum absolute atomic E-state index is 6.08. The molecule has 1 unspecified atom stereocenters. The summed E-state index contributed by atoms with van der Waals surface area (Å²) in [6.45, 7) is 0. The van der Waals surface area contributed by atoms with Crippen molar-refractivity contribution in [2.45, 2.75) is 18.9 Å². The SMILES string of the molecule is COc1ccccc1C1CCc2ccccc2O1. The molecule has 1 aliphatic heterocycles. The summed E-state index contributed by atoms with van der Waals surface area (Å²) in [7, 11) is 1.70. The Morgan fingerprint density at radius 3 is 2.72 bits per heavy atom. The molecule has 92 valence electrons. The number of methoxy groups -OCH3 is 1. The molecule has 0 saturated carbocycles. The van der Waals surface area contributed by atoms with Gasteiger partial charge in [0.25, 0.3) is 0 Å². The van der Waals surface area contributed by atoms with Gasteiger partial charge in [0.1, 0.15) is 17.6 Å². The summed E-state index contributed by atoms with van der Waals surface area (Å²) >= 11 is 0. The number of hydrogen-bond donors (Lipinski definition) is 0. The van der Waals surface area contributed by atoms with Gasteiger partial charge in [0.05, 0.1) is 7.11 Å². The number of rotatable bonds is 2. The van der Waals surface area contributed by atoms with Crippen molar-refractivity contribution in [2.24, 2.45) is 0 Å². The van der Waals surface area contributed by atoms with Gasteiger partial charge in [-0.2, -0.15) is 0 Å². The van der Waals surface area contributed by atoms with Gasteiger partial charge in [-0.15, -0.1) is 0 Å². The topological polar surface area (TPSA) is 18.5 Å². The third-order valence-corrected chi connectivity index (χ3v) is 3.40. The van der Waals surface area contributed by atoms with Gasteiger partial charge in [0.15, 0.2) is 0 Å². The van der Waals surface area contributed by atoms with Gasteiger partial charge in [0, 0.05) is 5.56 Å². The fraction of sp³-hybridized carbons (Fsp3) is 0.250. The van der Waals surface area contributed by atoms with E-state index in [0.717, 1.165) is 29.9 Å². The highest BCUT2D eigenvalue weighted by Gasteiger charge is 2.23. The molecule has 1 aliphatic rings. The first-order chi connectivity index (χ1) is 8.88. The predicted molar refractivity (Wildman–Crippen MR) is 71.1 cm³/mol. The number of aryl methyl sites for hydroxylation is 1. The Morgan fingerprint density at radius 1 is 1.06 bits per heavy atom. The minimum atomic E-state index is 0.0936. The van der Waals surface area contributed by atoms with Crippen molar-refractivity contribution in [2.75, 3.05) is 7.11 Å². The molecule has 0 radical (unpaired) electrons. The summed E-state index contributed by atoms with van der Waals surface area (Å²) in [5.41, 5.74) is 2.43. The molecule has 0 fully saturated rings. The van der Waals surface area contributed by atoms with Crippen molar-refractivity contribution >= 4 is 0 Å². The molecule has 2 nitrogen and oxygen atoms in total. The predicted octanol–water partition coefficient (Wildman–Crippen LogP) is 3.76. The van der Waals surface area contributed by atoms with Crippen LogP contribution in [-0.2, 0) is 6.42 Å². The van der Waals surface area contributed by atoms with Crippen molar-refractivity contribution in [1.29, 1.82) is 0 Å². The van der Waals surface area contributed by atoms with Crippen LogP contribution in [0.15, 0.2) is 48.5 Å². The first kappa shape index (κ1) is 11.1. The second-order valence-corrected chi connectivity index (χ2v) is 4.49. The largest absolute Gasteiger partial charge is 0.496 e. The lowest BCUT2D eigenvalue weighted by molar-refractivity contribution is 0.172. The number of ether oxygens (including phenoxy) is 2. The van der Waals surface area contributed by atoms with Gasteiger partial charge >= 0.3 is 0 Å². The van der Waals surface area contributed by atoms with Crippen molar-refractivity contribution in [3.63, 3.8) is 0 Å². The highest BCUT2D eigenvalue weighted by atomic mass is 16.5. The quantitative estimate of drug-likeness (QED) is 0.795. The van der Waals surface area contributed by atoms with Gasteiger partial charge in [0.2, 0.25) is 0 Å². The molecule has 0 N–H and O–H groups in total. The molecule has 0 amide bonds. The second-order valence-electron chi connectivity index (χ2n) is 4.49. The third kappa shape index (κ3) is 1.94. The van der Waals surface area contributed by atoms with Gasteiger partial charge < -0.3 is 9.47 Å². The smallest absolute Gasteiger partial charge is 0.128 e. The molecule has 0 spiro atoms. The van der Waals surface area contributed by atoms with Crippen molar-refractivity contribution < 1.29 is 9.47 Å². The summed E-state index contributed by atoms with van der Waals surface area (Å²) in [4.78, 5) is 0. The summed E-state index contributed by atoms with van der Waals surface area (Å²) in [5, 5.41) is 0. The Balaban J connectivity index is 1.92.